The molecule has 1 aromatic rings. The normalized spacial score (nSPS) is 11.6. The number of hydrogen-bond acceptors (Lipinski definition) is 5. The van der Waals surface area contributed by atoms with E-state index in [0.717, 1.165) is 0 Å². The molecule has 0 saturated carbocycles. The van der Waals surface area contributed by atoms with E-state index in [0.29, 0.717) is 37.4 Å². The summed E-state index contributed by atoms with van der Waals surface area (Å²) >= 11 is 0. The number of benzene rings is 1. The van der Waals surface area contributed by atoms with Gasteiger partial charge in [-0.1, -0.05) is 0 Å². The van der Waals surface area contributed by atoms with Gasteiger partial charge in [0.05, 0.1) is 30.8 Å². The first-order valence-corrected chi connectivity index (χ1v) is 9.15. The van der Waals surface area contributed by atoms with E-state index >= 15 is 0 Å². The highest BCUT2D eigenvalue weighted by Crippen LogP contribution is 2.19. The quantitative estimate of drug-likeness (QED) is 0.370. The third-order valence-electron chi connectivity index (χ3n) is 3.93. The molecule has 0 aliphatic heterocycles. The molecule has 0 heterocycles. The molecule has 3 amide bonds. The summed E-state index contributed by atoms with van der Waals surface area (Å²) in [5.74, 6) is -0.302. The smallest absolute Gasteiger partial charge is 0.251 e. The Kier molecular flexibility index (Phi) is 9.08. The van der Waals surface area contributed by atoms with Gasteiger partial charge in [0.25, 0.3) is 5.91 Å². The van der Waals surface area contributed by atoms with E-state index in [1.807, 2.05) is 27.7 Å². The van der Waals surface area contributed by atoms with Crippen LogP contribution in [0.1, 0.15) is 44.5 Å². The first-order valence-electron chi connectivity index (χ1n) is 9.15. The first-order chi connectivity index (χ1) is 13.1. The van der Waals surface area contributed by atoms with Crippen LogP contribution in [-0.2, 0) is 19.1 Å². The molecule has 3 N–H and O–H groups in total. The minimum Gasteiger partial charge on any atom is -0.372 e. The van der Waals surface area contributed by atoms with Gasteiger partial charge in [0, 0.05) is 24.8 Å². The van der Waals surface area contributed by atoms with Crippen LogP contribution < -0.4 is 16.0 Å². The summed E-state index contributed by atoms with van der Waals surface area (Å²) in [5.41, 5.74) is -0.0434. The van der Waals surface area contributed by atoms with E-state index < -0.39 is 11.2 Å². The van der Waals surface area contributed by atoms with Crippen molar-refractivity contribution in [3.8, 4) is 0 Å². The molecule has 0 radical (unpaired) electrons. The van der Waals surface area contributed by atoms with Crippen molar-refractivity contribution in [2.75, 3.05) is 32.1 Å². The van der Waals surface area contributed by atoms with Crippen molar-refractivity contribution < 1.29 is 23.9 Å². The second kappa shape index (κ2) is 10.8. The fourth-order valence-corrected chi connectivity index (χ4v) is 2.32. The number of hydrogen-bond donors (Lipinski definition) is 3. The SMILES string of the molecule is CNC(=O)CC(C)(C)OCC(C)(C)OCCNC(=O)c1ccc(NC=O)cc1. The Bertz CT molecular complexity index is 656. The number of carbonyl (C=O) groups is 3. The molecule has 0 bridgehead atoms. The molecule has 8 heteroatoms. The van der Waals surface area contributed by atoms with Crippen LogP contribution in [0.4, 0.5) is 5.69 Å². The minimum atomic E-state index is -0.597. The van der Waals surface area contributed by atoms with Gasteiger partial charge in [0.2, 0.25) is 12.3 Å². The molecule has 0 atom stereocenters. The largest absolute Gasteiger partial charge is 0.372 e. The summed E-state index contributed by atoms with van der Waals surface area (Å²) in [6.45, 7) is 8.48. The molecule has 0 saturated heterocycles. The minimum absolute atomic E-state index is 0.0820. The van der Waals surface area contributed by atoms with Crippen LogP contribution in [0.5, 0.6) is 0 Å². The van der Waals surface area contributed by atoms with Gasteiger partial charge in [-0.25, -0.2) is 0 Å². The maximum Gasteiger partial charge on any atom is 0.251 e. The molecule has 0 spiro atoms. The average molecular weight is 393 g/mol. The Morgan fingerprint density at radius 3 is 2.25 bits per heavy atom. The van der Waals surface area contributed by atoms with Gasteiger partial charge in [-0.15, -0.1) is 0 Å². The van der Waals surface area contributed by atoms with Crippen LogP contribution in [-0.4, -0.2) is 56.2 Å². The molecule has 1 aromatic carbocycles. The zero-order valence-electron chi connectivity index (χ0n) is 17.3. The molecule has 0 unspecified atom stereocenters. The van der Waals surface area contributed by atoms with E-state index in [9.17, 15) is 14.4 Å². The van der Waals surface area contributed by atoms with Gasteiger partial charge in [-0.2, -0.15) is 0 Å². The third-order valence-corrected chi connectivity index (χ3v) is 3.93. The predicted molar refractivity (Wildman–Crippen MR) is 107 cm³/mol. The van der Waals surface area contributed by atoms with Crippen molar-refractivity contribution in [3.05, 3.63) is 29.8 Å². The summed E-state index contributed by atoms with van der Waals surface area (Å²) in [6.07, 6.45) is 0.842. The Morgan fingerprint density at radius 1 is 1.04 bits per heavy atom. The van der Waals surface area contributed by atoms with E-state index in [-0.39, 0.29) is 18.2 Å². The Hall–Kier alpha value is -2.45. The van der Waals surface area contributed by atoms with Crippen molar-refractivity contribution >= 4 is 23.9 Å². The lowest BCUT2D eigenvalue weighted by Gasteiger charge is -2.31. The summed E-state index contributed by atoms with van der Waals surface area (Å²) in [4.78, 5) is 34.0. The van der Waals surface area contributed by atoms with Crippen molar-refractivity contribution in [1.82, 2.24) is 10.6 Å². The zero-order chi connectivity index (χ0) is 21.2. The van der Waals surface area contributed by atoms with Gasteiger partial charge < -0.3 is 25.4 Å². The highest BCUT2D eigenvalue weighted by Gasteiger charge is 2.27. The molecule has 8 nitrogen and oxygen atoms in total. The van der Waals surface area contributed by atoms with Crippen LogP contribution in [0.2, 0.25) is 0 Å². The number of rotatable bonds is 12. The molecule has 0 fully saturated rings. The molecule has 156 valence electrons. The van der Waals surface area contributed by atoms with Gasteiger partial charge in [0.15, 0.2) is 0 Å². The number of anilines is 1. The summed E-state index contributed by atoms with van der Waals surface area (Å²) < 4.78 is 11.6. The number of carbonyl (C=O) groups excluding carboxylic acids is 3. The Balaban J connectivity index is 2.35. The van der Waals surface area contributed by atoms with E-state index in [2.05, 4.69) is 16.0 Å². The molecule has 0 aliphatic carbocycles. The maximum atomic E-state index is 12.1. The standard InChI is InChI=1S/C20H31N3O5/c1-19(2,12-17(25)21-5)28-13-20(3,4)27-11-10-22-18(26)15-6-8-16(9-7-15)23-14-24/h6-9,14H,10-13H2,1-5H3,(H,21,25)(H,22,26)(H,23,24). The Morgan fingerprint density at radius 2 is 1.68 bits per heavy atom. The number of ether oxygens (including phenoxy) is 2. The van der Waals surface area contributed by atoms with Crippen LogP contribution in [0, 0.1) is 0 Å². The van der Waals surface area contributed by atoms with E-state index in [1.54, 1.807) is 31.3 Å². The molecular weight excluding hydrogens is 362 g/mol. The monoisotopic (exact) mass is 393 g/mol. The van der Waals surface area contributed by atoms with Crippen LogP contribution in [0.25, 0.3) is 0 Å². The summed E-state index contributed by atoms with van der Waals surface area (Å²) in [7, 11) is 1.59. The fraction of sp³-hybridized carbons (Fsp3) is 0.550. The van der Waals surface area contributed by atoms with Gasteiger partial charge in [0.1, 0.15) is 0 Å². The number of amides is 3. The fourth-order valence-electron chi connectivity index (χ4n) is 2.32. The average Bonchev–Trinajstić information content (AvgIpc) is 2.64. The second-order valence-corrected chi connectivity index (χ2v) is 7.60. The molecular formula is C20H31N3O5. The molecule has 0 aliphatic rings. The Labute approximate surface area is 166 Å². The van der Waals surface area contributed by atoms with Gasteiger partial charge in [-0.3, -0.25) is 14.4 Å². The van der Waals surface area contributed by atoms with Crippen molar-refractivity contribution in [3.63, 3.8) is 0 Å². The lowest BCUT2D eigenvalue weighted by molar-refractivity contribution is -0.138. The van der Waals surface area contributed by atoms with Crippen molar-refractivity contribution in [2.24, 2.45) is 0 Å². The summed E-state index contributed by atoms with van der Waals surface area (Å²) in [5, 5.41) is 7.88. The van der Waals surface area contributed by atoms with Crippen molar-refractivity contribution in [1.29, 1.82) is 0 Å². The maximum absolute atomic E-state index is 12.1. The van der Waals surface area contributed by atoms with E-state index in [1.165, 1.54) is 0 Å². The van der Waals surface area contributed by atoms with Crippen LogP contribution >= 0.6 is 0 Å². The van der Waals surface area contributed by atoms with Gasteiger partial charge in [-0.05, 0) is 52.0 Å². The second-order valence-electron chi connectivity index (χ2n) is 7.60. The van der Waals surface area contributed by atoms with Crippen LogP contribution in [0.15, 0.2) is 24.3 Å². The van der Waals surface area contributed by atoms with Crippen molar-refractivity contribution in [2.45, 2.75) is 45.3 Å². The van der Waals surface area contributed by atoms with E-state index in [4.69, 9.17) is 9.47 Å². The molecule has 0 aromatic heterocycles. The third kappa shape index (κ3) is 8.96. The highest BCUT2D eigenvalue weighted by molar-refractivity contribution is 5.94. The van der Waals surface area contributed by atoms with Crippen LogP contribution in [0.3, 0.4) is 0 Å². The molecule has 1 rings (SSSR count). The van der Waals surface area contributed by atoms with Gasteiger partial charge >= 0.3 is 0 Å². The molecule has 28 heavy (non-hydrogen) atoms. The lowest BCUT2D eigenvalue weighted by atomic mass is 10.0. The lowest BCUT2D eigenvalue weighted by Crippen LogP contribution is -2.40. The predicted octanol–water partition coefficient (Wildman–Crippen LogP) is 1.71. The topological polar surface area (TPSA) is 106 Å². The number of nitrogens with one attached hydrogen (secondary N) is 3. The zero-order valence-corrected chi connectivity index (χ0v) is 17.3. The first kappa shape index (κ1) is 23.6. The summed E-state index contributed by atoms with van der Waals surface area (Å²) in [6, 6.07) is 6.57. The highest BCUT2D eigenvalue weighted by atomic mass is 16.6.